The second-order valence-electron chi connectivity index (χ2n) is 2.47. The molecule has 0 heterocycles. The van der Waals surface area contributed by atoms with E-state index in [-0.39, 0.29) is 0 Å². The Morgan fingerprint density at radius 1 is 1.50 bits per heavy atom. The Morgan fingerprint density at radius 2 is 2.00 bits per heavy atom. The first-order chi connectivity index (χ1) is 4.63. The summed E-state index contributed by atoms with van der Waals surface area (Å²) in [5, 5.41) is 8.65. The predicted molar refractivity (Wildman–Crippen MR) is 42.3 cm³/mol. The minimum Gasteiger partial charge on any atom is -0.366 e. The van der Waals surface area contributed by atoms with Crippen LogP contribution >= 0.6 is 0 Å². The summed E-state index contributed by atoms with van der Waals surface area (Å²) in [6, 6.07) is 2.16. The van der Waals surface area contributed by atoms with Gasteiger partial charge in [0.2, 0.25) is 0 Å². The molecular weight excluding hydrogens is 124 g/mol. The second kappa shape index (κ2) is 3.94. The van der Waals surface area contributed by atoms with Crippen molar-refractivity contribution in [3.05, 3.63) is 11.3 Å². The first-order valence-electron chi connectivity index (χ1n) is 3.42. The van der Waals surface area contributed by atoms with Gasteiger partial charge < -0.3 is 4.90 Å². The van der Waals surface area contributed by atoms with Gasteiger partial charge in [0.25, 0.3) is 0 Å². The summed E-state index contributed by atoms with van der Waals surface area (Å²) in [6.45, 7) is 6.81. The maximum absolute atomic E-state index is 8.65. The van der Waals surface area contributed by atoms with E-state index in [1.165, 1.54) is 0 Å². The van der Waals surface area contributed by atoms with E-state index in [4.69, 9.17) is 5.26 Å². The molecule has 0 saturated heterocycles. The van der Waals surface area contributed by atoms with Crippen LogP contribution in [0, 0.1) is 11.3 Å². The molecule has 0 fully saturated rings. The molecule has 0 spiro atoms. The molecule has 0 aromatic heterocycles. The molecule has 0 amide bonds. The van der Waals surface area contributed by atoms with E-state index in [1.54, 1.807) is 0 Å². The molecule has 2 heteroatoms. The maximum Gasteiger partial charge on any atom is 0.117 e. The molecule has 0 saturated carbocycles. The van der Waals surface area contributed by atoms with Crippen molar-refractivity contribution in [3.63, 3.8) is 0 Å². The van der Waals surface area contributed by atoms with Gasteiger partial charge in [-0.15, -0.1) is 0 Å². The van der Waals surface area contributed by atoms with E-state index in [0.29, 0.717) is 0 Å². The quantitative estimate of drug-likeness (QED) is 0.543. The highest BCUT2D eigenvalue weighted by atomic mass is 15.1. The van der Waals surface area contributed by atoms with Crippen LogP contribution in [0.1, 0.15) is 20.8 Å². The first kappa shape index (κ1) is 9.03. The fraction of sp³-hybridized carbons (Fsp3) is 0.625. The summed E-state index contributed by atoms with van der Waals surface area (Å²) in [4.78, 5) is 1.94. The highest BCUT2D eigenvalue weighted by molar-refractivity contribution is 5.23. The van der Waals surface area contributed by atoms with Crippen molar-refractivity contribution in [2.24, 2.45) is 0 Å². The summed E-state index contributed by atoms with van der Waals surface area (Å²) in [5.74, 6) is 0. The van der Waals surface area contributed by atoms with Gasteiger partial charge >= 0.3 is 0 Å². The second-order valence-corrected chi connectivity index (χ2v) is 2.47. The summed E-state index contributed by atoms with van der Waals surface area (Å²) in [5.41, 5.74) is 1.86. The van der Waals surface area contributed by atoms with Gasteiger partial charge in [0.1, 0.15) is 11.8 Å². The largest absolute Gasteiger partial charge is 0.366 e. The minimum atomic E-state index is 0.780. The van der Waals surface area contributed by atoms with Crippen molar-refractivity contribution in [1.29, 1.82) is 5.26 Å². The molecule has 0 bridgehead atoms. The van der Waals surface area contributed by atoms with Crippen LogP contribution in [0.4, 0.5) is 0 Å². The Morgan fingerprint density at radius 3 is 2.10 bits per heavy atom. The van der Waals surface area contributed by atoms with Gasteiger partial charge in [-0.3, -0.25) is 0 Å². The molecule has 0 radical (unpaired) electrons. The number of nitriles is 1. The Labute approximate surface area is 62.8 Å². The lowest BCUT2D eigenvalue weighted by Crippen LogP contribution is -2.16. The van der Waals surface area contributed by atoms with Gasteiger partial charge in [0.15, 0.2) is 0 Å². The molecule has 2 nitrogen and oxygen atoms in total. The molecule has 0 aliphatic carbocycles. The molecule has 0 aromatic carbocycles. The molecule has 0 aliphatic heterocycles. The van der Waals surface area contributed by atoms with Crippen LogP contribution < -0.4 is 0 Å². The molecule has 0 aliphatic rings. The summed E-state index contributed by atoms with van der Waals surface area (Å²) < 4.78 is 0. The van der Waals surface area contributed by atoms with Crippen LogP contribution in [-0.2, 0) is 0 Å². The van der Waals surface area contributed by atoms with Gasteiger partial charge in [-0.2, -0.15) is 5.26 Å². The smallest absolute Gasteiger partial charge is 0.117 e. The number of nitrogens with zero attached hydrogens (tertiary/aromatic N) is 2. The number of rotatable bonds is 2. The zero-order chi connectivity index (χ0) is 8.15. The highest BCUT2D eigenvalue weighted by Gasteiger charge is 2.00. The lowest BCUT2D eigenvalue weighted by molar-refractivity contribution is 0.454. The van der Waals surface area contributed by atoms with E-state index >= 15 is 0 Å². The number of hydrogen-bond acceptors (Lipinski definition) is 2. The fourth-order valence-electron chi connectivity index (χ4n) is 0.737. The third kappa shape index (κ3) is 2.10. The average Bonchev–Trinajstić information content (AvgIpc) is 1.88. The van der Waals surface area contributed by atoms with Crippen LogP contribution in [0.3, 0.4) is 0 Å². The van der Waals surface area contributed by atoms with Crippen LogP contribution in [0.25, 0.3) is 0 Å². The van der Waals surface area contributed by atoms with Gasteiger partial charge in [0.05, 0.1) is 0 Å². The molecule has 10 heavy (non-hydrogen) atoms. The van der Waals surface area contributed by atoms with Crippen LogP contribution in [-0.4, -0.2) is 18.5 Å². The lowest BCUT2D eigenvalue weighted by atomic mass is 10.2. The van der Waals surface area contributed by atoms with E-state index < -0.39 is 0 Å². The number of allylic oxidation sites excluding steroid dienone is 2. The number of hydrogen-bond donors (Lipinski definition) is 0. The van der Waals surface area contributed by atoms with Crippen molar-refractivity contribution in [2.75, 3.05) is 13.6 Å². The van der Waals surface area contributed by atoms with Crippen molar-refractivity contribution in [2.45, 2.75) is 20.8 Å². The van der Waals surface area contributed by atoms with Crippen LogP contribution in [0.2, 0.25) is 0 Å². The third-order valence-corrected chi connectivity index (χ3v) is 1.44. The molecule has 56 valence electrons. The van der Waals surface area contributed by atoms with Crippen molar-refractivity contribution >= 4 is 0 Å². The van der Waals surface area contributed by atoms with Crippen molar-refractivity contribution in [1.82, 2.24) is 4.90 Å². The monoisotopic (exact) mass is 138 g/mol. The highest BCUT2D eigenvalue weighted by Crippen LogP contribution is 2.05. The third-order valence-electron chi connectivity index (χ3n) is 1.44. The molecule has 0 rings (SSSR count). The van der Waals surface area contributed by atoms with Gasteiger partial charge in [0, 0.05) is 13.6 Å². The lowest BCUT2D eigenvalue weighted by Gasteiger charge is -2.15. The Bertz CT molecular complexity index is 170. The van der Waals surface area contributed by atoms with Gasteiger partial charge in [-0.05, 0) is 26.3 Å². The van der Waals surface area contributed by atoms with Gasteiger partial charge in [-0.1, -0.05) is 0 Å². The summed E-state index contributed by atoms with van der Waals surface area (Å²) in [7, 11) is 1.92. The molecule has 0 atom stereocenters. The van der Waals surface area contributed by atoms with E-state index in [2.05, 4.69) is 6.07 Å². The Balaban J connectivity index is 4.41. The maximum atomic E-state index is 8.65. The molecule has 0 aromatic rings. The SMILES string of the molecule is CCN(C)C(C#N)=C(C)C. The zero-order valence-corrected chi connectivity index (χ0v) is 7.10. The predicted octanol–water partition coefficient (Wildman–Crippen LogP) is 1.76. The van der Waals surface area contributed by atoms with Crippen molar-refractivity contribution < 1.29 is 0 Å². The zero-order valence-electron chi connectivity index (χ0n) is 7.10. The van der Waals surface area contributed by atoms with Crippen LogP contribution in [0.15, 0.2) is 11.3 Å². The first-order valence-corrected chi connectivity index (χ1v) is 3.42. The summed E-state index contributed by atoms with van der Waals surface area (Å²) >= 11 is 0. The molecule has 0 unspecified atom stereocenters. The Kier molecular flexibility index (Phi) is 3.56. The topological polar surface area (TPSA) is 27.0 Å². The van der Waals surface area contributed by atoms with Crippen molar-refractivity contribution in [3.8, 4) is 6.07 Å². The fourth-order valence-corrected chi connectivity index (χ4v) is 0.737. The van der Waals surface area contributed by atoms with Crippen LogP contribution in [0.5, 0.6) is 0 Å². The normalized spacial score (nSPS) is 8.30. The standard InChI is InChI=1S/C8H14N2/c1-5-10(4)8(6-9)7(2)3/h5H2,1-4H3. The van der Waals surface area contributed by atoms with E-state index in [1.807, 2.05) is 32.7 Å². The minimum absolute atomic E-state index is 0.780. The molecule has 0 N–H and O–H groups in total. The summed E-state index contributed by atoms with van der Waals surface area (Å²) in [6.07, 6.45) is 0. The van der Waals surface area contributed by atoms with E-state index in [9.17, 15) is 0 Å². The Hall–Kier alpha value is -0.970. The average molecular weight is 138 g/mol. The van der Waals surface area contributed by atoms with E-state index in [0.717, 1.165) is 17.8 Å². The van der Waals surface area contributed by atoms with Gasteiger partial charge in [-0.25, -0.2) is 0 Å². The molecular formula is C8H14N2.